The smallest absolute Gasteiger partial charge is 0.244 e. The Bertz CT molecular complexity index is 581. The molecule has 2 heterocycles. The van der Waals surface area contributed by atoms with Crippen molar-refractivity contribution < 1.29 is 14.3 Å². The van der Waals surface area contributed by atoms with Crippen LogP contribution in [0, 0.1) is 11.7 Å². The number of hydrogen-bond acceptors (Lipinski definition) is 3. The minimum absolute atomic E-state index is 0.00738. The lowest BCUT2D eigenvalue weighted by atomic mass is 10.0. The second-order valence-corrected chi connectivity index (χ2v) is 6.58. The fourth-order valence-corrected chi connectivity index (χ4v) is 3.52. The Morgan fingerprint density at radius 3 is 2.77 bits per heavy atom. The van der Waals surface area contributed by atoms with Crippen molar-refractivity contribution in [1.29, 1.82) is 0 Å². The van der Waals surface area contributed by atoms with E-state index in [9.17, 15) is 14.3 Å². The van der Waals surface area contributed by atoms with Gasteiger partial charge in [0.25, 0.3) is 0 Å². The summed E-state index contributed by atoms with van der Waals surface area (Å²) in [6.45, 7) is 3.96. The number of aliphatic hydroxyl groups excluding tert-OH is 1. The van der Waals surface area contributed by atoms with Gasteiger partial charge in [-0.3, -0.25) is 9.69 Å². The molecular formula is C16H20ClFN2O2. The highest BCUT2D eigenvalue weighted by Gasteiger charge is 2.40. The van der Waals surface area contributed by atoms with Crippen molar-refractivity contribution in [2.45, 2.75) is 31.9 Å². The standard InChI is InChI=1S/C16H20ClFN2O2/c1-10(21)11-4-6-19(9-11)15-5-7-20(16(15)22)12-2-3-13(17)14(18)8-12/h2-3,8,10-11,15,21H,4-7,9H2,1H3. The Morgan fingerprint density at radius 1 is 1.36 bits per heavy atom. The Morgan fingerprint density at radius 2 is 2.14 bits per heavy atom. The van der Waals surface area contributed by atoms with Crippen LogP contribution in [0.15, 0.2) is 18.2 Å². The summed E-state index contributed by atoms with van der Waals surface area (Å²) in [5.41, 5.74) is 0.556. The van der Waals surface area contributed by atoms with Crippen LogP contribution in [-0.2, 0) is 4.79 Å². The summed E-state index contributed by atoms with van der Waals surface area (Å²) >= 11 is 5.69. The second kappa shape index (κ2) is 6.14. The number of anilines is 1. The first-order valence-electron chi connectivity index (χ1n) is 7.66. The SMILES string of the molecule is CC(O)C1CCN(C2CCN(c3ccc(Cl)c(F)c3)C2=O)C1. The lowest BCUT2D eigenvalue weighted by Gasteiger charge is -2.24. The summed E-state index contributed by atoms with van der Waals surface area (Å²) in [5.74, 6) is -0.270. The van der Waals surface area contributed by atoms with Gasteiger partial charge >= 0.3 is 0 Å². The zero-order chi connectivity index (χ0) is 15.9. The molecule has 2 fully saturated rings. The van der Waals surface area contributed by atoms with Crippen molar-refractivity contribution in [2.24, 2.45) is 5.92 Å². The van der Waals surface area contributed by atoms with Crippen LogP contribution in [0.4, 0.5) is 10.1 Å². The molecule has 22 heavy (non-hydrogen) atoms. The van der Waals surface area contributed by atoms with Crippen molar-refractivity contribution in [3.05, 3.63) is 29.0 Å². The first-order chi connectivity index (χ1) is 10.5. The van der Waals surface area contributed by atoms with E-state index in [1.807, 2.05) is 0 Å². The summed E-state index contributed by atoms with van der Waals surface area (Å²) in [7, 11) is 0. The molecular weight excluding hydrogens is 307 g/mol. The Labute approximate surface area is 134 Å². The molecule has 2 aliphatic heterocycles. The zero-order valence-electron chi connectivity index (χ0n) is 12.5. The van der Waals surface area contributed by atoms with Crippen molar-refractivity contribution >= 4 is 23.2 Å². The van der Waals surface area contributed by atoms with E-state index in [4.69, 9.17) is 11.6 Å². The monoisotopic (exact) mass is 326 g/mol. The maximum absolute atomic E-state index is 13.6. The van der Waals surface area contributed by atoms with Gasteiger partial charge in [0.2, 0.25) is 5.91 Å². The molecule has 4 nitrogen and oxygen atoms in total. The van der Waals surface area contributed by atoms with Crippen molar-refractivity contribution in [3.8, 4) is 0 Å². The molecule has 2 aliphatic rings. The van der Waals surface area contributed by atoms with Gasteiger partial charge in [-0.15, -0.1) is 0 Å². The van der Waals surface area contributed by atoms with Gasteiger partial charge in [-0.1, -0.05) is 11.6 Å². The van der Waals surface area contributed by atoms with Crippen LogP contribution < -0.4 is 4.90 Å². The molecule has 1 amide bonds. The summed E-state index contributed by atoms with van der Waals surface area (Å²) < 4.78 is 13.6. The molecule has 0 bridgehead atoms. The summed E-state index contributed by atoms with van der Waals surface area (Å²) in [6, 6.07) is 4.30. The average molecular weight is 327 g/mol. The van der Waals surface area contributed by atoms with E-state index in [-0.39, 0.29) is 29.0 Å². The normalized spacial score (nSPS) is 27.6. The van der Waals surface area contributed by atoms with Gasteiger partial charge in [0.05, 0.1) is 17.2 Å². The predicted octanol–water partition coefficient (Wildman–Crippen LogP) is 2.29. The molecule has 1 aromatic carbocycles. The minimum Gasteiger partial charge on any atom is -0.393 e. The Kier molecular flexibility index (Phi) is 4.39. The molecule has 6 heteroatoms. The second-order valence-electron chi connectivity index (χ2n) is 6.18. The van der Waals surface area contributed by atoms with Crippen LogP contribution in [0.1, 0.15) is 19.8 Å². The largest absolute Gasteiger partial charge is 0.393 e. The number of halogens is 2. The molecule has 3 rings (SSSR count). The van der Waals surface area contributed by atoms with Gasteiger partial charge in [-0.2, -0.15) is 0 Å². The molecule has 0 saturated carbocycles. The molecule has 0 spiro atoms. The van der Waals surface area contributed by atoms with Crippen LogP contribution in [0.25, 0.3) is 0 Å². The lowest BCUT2D eigenvalue weighted by molar-refractivity contribution is -0.121. The molecule has 1 N–H and O–H groups in total. The van der Waals surface area contributed by atoms with E-state index in [2.05, 4.69) is 4.90 Å². The number of amides is 1. The molecule has 3 unspecified atom stereocenters. The van der Waals surface area contributed by atoms with Gasteiger partial charge in [0.1, 0.15) is 5.82 Å². The van der Waals surface area contributed by atoms with Crippen LogP contribution in [0.2, 0.25) is 5.02 Å². The number of rotatable bonds is 3. The third-order valence-electron chi connectivity index (χ3n) is 4.77. The fourth-order valence-electron chi connectivity index (χ4n) is 3.41. The number of carbonyl (C=O) groups excluding carboxylic acids is 1. The number of nitrogens with zero attached hydrogens (tertiary/aromatic N) is 2. The highest BCUT2D eigenvalue weighted by atomic mass is 35.5. The van der Waals surface area contributed by atoms with E-state index in [1.54, 1.807) is 17.9 Å². The number of benzene rings is 1. The number of aliphatic hydroxyl groups is 1. The Balaban J connectivity index is 1.71. The third kappa shape index (κ3) is 2.85. The number of hydrogen-bond donors (Lipinski definition) is 1. The summed E-state index contributed by atoms with van der Waals surface area (Å²) in [4.78, 5) is 16.4. The fraction of sp³-hybridized carbons (Fsp3) is 0.562. The molecule has 120 valence electrons. The molecule has 3 atom stereocenters. The van der Waals surface area contributed by atoms with Crippen molar-refractivity contribution in [1.82, 2.24) is 4.90 Å². The first kappa shape index (κ1) is 15.7. The van der Waals surface area contributed by atoms with Gasteiger partial charge in [-0.25, -0.2) is 4.39 Å². The highest BCUT2D eigenvalue weighted by molar-refractivity contribution is 6.30. The first-order valence-corrected chi connectivity index (χ1v) is 8.03. The lowest BCUT2D eigenvalue weighted by Crippen LogP contribution is -2.41. The van der Waals surface area contributed by atoms with E-state index in [0.29, 0.717) is 12.2 Å². The van der Waals surface area contributed by atoms with E-state index >= 15 is 0 Å². The number of carbonyl (C=O) groups is 1. The summed E-state index contributed by atoms with van der Waals surface area (Å²) in [5, 5.41) is 9.75. The zero-order valence-corrected chi connectivity index (χ0v) is 13.3. The molecule has 0 aromatic heterocycles. The van der Waals surface area contributed by atoms with Crippen LogP contribution in [0.5, 0.6) is 0 Å². The molecule has 2 saturated heterocycles. The predicted molar refractivity (Wildman–Crippen MR) is 83.5 cm³/mol. The van der Waals surface area contributed by atoms with Crippen LogP contribution in [0.3, 0.4) is 0 Å². The van der Waals surface area contributed by atoms with Gasteiger partial charge in [0.15, 0.2) is 0 Å². The van der Waals surface area contributed by atoms with Gasteiger partial charge in [0, 0.05) is 18.8 Å². The highest BCUT2D eigenvalue weighted by Crippen LogP contribution is 2.30. The average Bonchev–Trinajstić information content (AvgIpc) is 3.08. The molecule has 0 aliphatic carbocycles. The van der Waals surface area contributed by atoms with E-state index < -0.39 is 5.82 Å². The van der Waals surface area contributed by atoms with Crippen LogP contribution >= 0.6 is 11.6 Å². The number of likely N-dealkylation sites (tertiary alicyclic amines) is 1. The maximum atomic E-state index is 13.6. The molecule has 1 aromatic rings. The molecule has 0 radical (unpaired) electrons. The van der Waals surface area contributed by atoms with Crippen molar-refractivity contribution in [2.75, 3.05) is 24.5 Å². The van der Waals surface area contributed by atoms with Crippen molar-refractivity contribution in [3.63, 3.8) is 0 Å². The third-order valence-corrected chi connectivity index (χ3v) is 5.08. The quantitative estimate of drug-likeness (QED) is 0.927. The maximum Gasteiger partial charge on any atom is 0.244 e. The van der Waals surface area contributed by atoms with E-state index in [1.165, 1.54) is 12.1 Å². The van der Waals surface area contributed by atoms with Gasteiger partial charge < -0.3 is 10.0 Å². The van der Waals surface area contributed by atoms with Gasteiger partial charge in [-0.05, 0) is 50.4 Å². The topological polar surface area (TPSA) is 43.8 Å². The van der Waals surface area contributed by atoms with Crippen LogP contribution in [-0.4, -0.2) is 47.7 Å². The summed E-state index contributed by atoms with van der Waals surface area (Å²) in [6.07, 6.45) is 1.30. The Hall–Kier alpha value is -1.17. The minimum atomic E-state index is -0.509. The van der Waals surface area contributed by atoms with E-state index in [0.717, 1.165) is 25.9 Å².